The quantitative estimate of drug-likeness (QED) is 0.636. The first-order chi connectivity index (χ1) is 9.58. The maximum absolute atomic E-state index is 13.9. The van der Waals surface area contributed by atoms with Crippen LogP contribution in [0.4, 0.5) is 4.39 Å². The third-order valence-corrected chi connectivity index (χ3v) is 3.45. The van der Waals surface area contributed by atoms with Gasteiger partial charge in [-0.05, 0) is 30.7 Å². The first-order valence-corrected chi connectivity index (χ1v) is 6.43. The molecule has 0 atom stereocenters. The van der Waals surface area contributed by atoms with E-state index in [0.29, 0.717) is 5.58 Å². The SMILES string of the molecule is Cc1cccc2cc(C(=O)c3cccc(Cl)c3F)oc12. The van der Waals surface area contributed by atoms with E-state index in [0.717, 1.165) is 10.9 Å². The molecule has 1 aromatic heterocycles. The van der Waals surface area contributed by atoms with Gasteiger partial charge in [0.05, 0.1) is 10.6 Å². The smallest absolute Gasteiger partial charge is 0.231 e. The standard InChI is InChI=1S/C16H10ClFO2/c1-9-4-2-5-10-8-13(20-16(9)10)15(19)11-6-3-7-12(17)14(11)18/h2-8H,1H3. The minimum Gasteiger partial charge on any atom is -0.452 e. The fourth-order valence-corrected chi connectivity index (χ4v) is 2.31. The highest BCUT2D eigenvalue weighted by Crippen LogP contribution is 2.26. The molecule has 0 aliphatic rings. The van der Waals surface area contributed by atoms with Crippen LogP contribution in [0.2, 0.25) is 5.02 Å². The summed E-state index contributed by atoms with van der Waals surface area (Å²) in [5.41, 5.74) is 1.47. The second-order valence-electron chi connectivity index (χ2n) is 4.53. The highest BCUT2D eigenvalue weighted by atomic mass is 35.5. The molecule has 3 aromatic rings. The van der Waals surface area contributed by atoms with Gasteiger partial charge >= 0.3 is 0 Å². The number of hydrogen-bond donors (Lipinski definition) is 0. The maximum atomic E-state index is 13.9. The van der Waals surface area contributed by atoms with Crippen LogP contribution in [0, 0.1) is 12.7 Å². The monoisotopic (exact) mass is 288 g/mol. The number of para-hydroxylation sites is 1. The lowest BCUT2D eigenvalue weighted by Gasteiger charge is -2.01. The Kier molecular flexibility index (Phi) is 3.07. The molecule has 0 unspecified atom stereocenters. The first-order valence-electron chi connectivity index (χ1n) is 6.06. The van der Waals surface area contributed by atoms with Gasteiger partial charge in [-0.15, -0.1) is 0 Å². The van der Waals surface area contributed by atoms with Gasteiger partial charge in [0.1, 0.15) is 5.58 Å². The highest BCUT2D eigenvalue weighted by molar-refractivity contribution is 6.31. The summed E-state index contributed by atoms with van der Waals surface area (Å²) < 4.78 is 19.4. The van der Waals surface area contributed by atoms with Gasteiger partial charge < -0.3 is 4.42 Å². The molecule has 3 rings (SSSR count). The van der Waals surface area contributed by atoms with Crippen molar-refractivity contribution >= 4 is 28.4 Å². The summed E-state index contributed by atoms with van der Waals surface area (Å²) in [5, 5.41) is 0.735. The van der Waals surface area contributed by atoms with Gasteiger partial charge in [-0.3, -0.25) is 4.79 Å². The lowest BCUT2D eigenvalue weighted by atomic mass is 10.1. The van der Waals surface area contributed by atoms with Crippen LogP contribution in [0.15, 0.2) is 46.9 Å². The molecule has 20 heavy (non-hydrogen) atoms. The summed E-state index contributed by atoms with van der Waals surface area (Å²) in [7, 11) is 0. The van der Waals surface area contributed by atoms with Crippen LogP contribution < -0.4 is 0 Å². The normalized spacial score (nSPS) is 10.9. The molecule has 2 aromatic carbocycles. The predicted molar refractivity (Wildman–Crippen MR) is 75.8 cm³/mol. The number of furan rings is 1. The average molecular weight is 289 g/mol. The second kappa shape index (κ2) is 4.76. The molecule has 0 radical (unpaired) electrons. The van der Waals surface area contributed by atoms with Crippen LogP contribution in [0.25, 0.3) is 11.0 Å². The van der Waals surface area contributed by atoms with Gasteiger partial charge in [-0.2, -0.15) is 0 Å². The van der Waals surface area contributed by atoms with Crippen molar-refractivity contribution in [2.75, 3.05) is 0 Å². The van der Waals surface area contributed by atoms with Gasteiger partial charge in [0, 0.05) is 5.39 Å². The van der Waals surface area contributed by atoms with Gasteiger partial charge in [-0.1, -0.05) is 35.9 Å². The lowest BCUT2D eigenvalue weighted by Crippen LogP contribution is -2.03. The Hall–Kier alpha value is -2.13. The summed E-state index contributed by atoms with van der Waals surface area (Å²) in [6.07, 6.45) is 0. The molecule has 100 valence electrons. The predicted octanol–water partition coefficient (Wildman–Crippen LogP) is 4.76. The highest BCUT2D eigenvalue weighted by Gasteiger charge is 2.20. The molecule has 0 aliphatic heterocycles. The number of carbonyl (C=O) groups excluding carboxylic acids is 1. The van der Waals surface area contributed by atoms with E-state index in [2.05, 4.69) is 0 Å². The number of aryl methyl sites for hydroxylation is 1. The van der Waals surface area contributed by atoms with Crippen molar-refractivity contribution in [3.8, 4) is 0 Å². The summed E-state index contributed by atoms with van der Waals surface area (Å²) in [4.78, 5) is 12.3. The lowest BCUT2D eigenvalue weighted by molar-refractivity contribution is 0.101. The van der Waals surface area contributed by atoms with Crippen molar-refractivity contribution in [3.05, 3.63) is 70.2 Å². The Morgan fingerprint density at radius 2 is 1.95 bits per heavy atom. The van der Waals surface area contributed by atoms with Crippen LogP contribution in [-0.4, -0.2) is 5.78 Å². The maximum Gasteiger partial charge on any atom is 0.231 e. The number of rotatable bonds is 2. The molecule has 0 aliphatic carbocycles. The number of carbonyl (C=O) groups is 1. The number of benzene rings is 2. The van der Waals surface area contributed by atoms with Crippen LogP contribution in [0.3, 0.4) is 0 Å². The summed E-state index contributed by atoms with van der Waals surface area (Å²) in [6, 6.07) is 11.6. The molecule has 0 saturated heterocycles. The van der Waals surface area contributed by atoms with E-state index in [1.165, 1.54) is 18.2 Å². The first kappa shape index (κ1) is 12.9. The van der Waals surface area contributed by atoms with Gasteiger partial charge in [-0.25, -0.2) is 4.39 Å². The van der Waals surface area contributed by atoms with Crippen molar-refractivity contribution < 1.29 is 13.6 Å². The molecule has 0 fully saturated rings. The molecular formula is C16H10ClFO2. The van der Waals surface area contributed by atoms with Crippen LogP contribution in [0.1, 0.15) is 21.7 Å². The van der Waals surface area contributed by atoms with E-state index in [1.54, 1.807) is 6.07 Å². The minimum atomic E-state index is -0.726. The third-order valence-electron chi connectivity index (χ3n) is 3.16. The van der Waals surface area contributed by atoms with Gasteiger partial charge in [0.15, 0.2) is 11.6 Å². The van der Waals surface area contributed by atoms with Crippen molar-refractivity contribution in [1.29, 1.82) is 0 Å². The minimum absolute atomic E-state index is 0.0804. The molecule has 1 heterocycles. The van der Waals surface area contributed by atoms with Gasteiger partial charge in [0.25, 0.3) is 0 Å². The second-order valence-corrected chi connectivity index (χ2v) is 4.94. The van der Waals surface area contributed by atoms with E-state index in [-0.39, 0.29) is 16.3 Å². The number of hydrogen-bond acceptors (Lipinski definition) is 2. The Bertz CT molecular complexity index is 820. The molecule has 4 heteroatoms. The van der Waals surface area contributed by atoms with E-state index in [4.69, 9.17) is 16.0 Å². The Labute approximate surface area is 119 Å². The van der Waals surface area contributed by atoms with E-state index in [9.17, 15) is 9.18 Å². The van der Waals surface area contributed by atoms with E-state index in [1.807, 2.05) is 25.1 Å². The van der Waals surface area contributed by atoms with Crippen molar-refractivity contribution in [1.82, 2.24) is 0 Å². The zero-order valence-corrected chi connectivity index (χ0v) is 11.4. The number of halogens is 2. The Morgan fingerprint density at radius 1 is 1.20 bits per heavy atom. The zero-order valence-electron chi connectivity index (χ0n) is 10.6. The summed E-state index contributed by atoms with van der Waals surface area (Å²) >= 11 is 5.69. The van der Waals surface area contributed by atoms with Crippen LogP contribution in [0.5, 0.6) is 0 Å². The zero-order chi connectivity index (χ0) is 14.3. The van der Waals surface area contributed by atoms with Crippen molar-refractivity contribution in [3.63, 3.8) is 0 Å². The molecule has 0 saturated carbocycles. The molecule has 0 spiro atoms. The molecule has 0 bridgehead atoms. The fraction of sp³-hybridized carbons (Fsp3) is 0.0625. The summed E-state index contributed by atoms with van der Waals surface area (Å²) in [6.45, 7) is 1.89. The fourth-order valence-electron chi connectivity index (χ4n) is 2.13. The third kappa shape index (κ3) is 2.00. The molecule has 0 N–H and O–H groups in total. The molecule has 0 amide bonds. The number of fused-ring (bicyclic) bond motifs is 1. The van der Waals surface area contributed by atoms with Crippen molar-refractivity contribution in [2.45, 2.75) is 6.92 Å². The van der Waals surface area contributed by atoms with E-state index >= 15 is 0 Å². The van der Waals surface area contributed by atoms with Crippen LogP contribution >= 0.6 is 11.6 Å². The Morgan fingerprint density at radius 3 is 2.70 bits per heavy atom. The van der Waals surface area contributed by atoms with Gasteiger partial charge in [0.2, 0.25) is 5.78 Å². The molecule has 2 nitrogen and oxygen atoms in total. The summed E-state index contributed by atoms with van der Waals surface area (Å²) in [5.74, 6) is -1.13. The number of ketones is 1. The average Bonchev–Trinajstić information content (AvgIpc) is 2.87. The Balaban J connectivity index is 2.13. The topological polar surface area (TPSA) is 30.2 Å². The largest absolute Gasteiger partial charge is 0.452 e. The van der Waals surface area contributed by atoms with Crippen LogP contribution in [-0.2, 0) is 0 Å². The van der Waals surface area contributed by atoms with Crippen molar-refractivity contribution in [2.24, 2.45) is 0 Å². The molecular weight excluding hydrogens is 279 g/mol. The van der Waals surface area contributed by atoms with E-state index < -0.39 is 11.6 Å².